The van der Waals surface area contributed by atoms with E-state index in [9.17, 15) is 29.7 Å². The van der Waals surface area contributed by atoms with Gasteiger partial charge in [0.15, 0.2) is 0 Å². The predicted octanol–water partition coefficient (Wildman–Crippen LogP) is 2.26. The average Bonchev–Trinajstić information content (AvgIpc) is 2.50. The van der Waals surface area contributed by atoms with Crippen molar-refractivity contribution in [3.05, 3.63) is 63.7 Å². The highest BCUT2D eigenvalue weighted by Crippen LogP contribution is 2.32. The quantitative estimate of drug-likeness (QED) is 0.617. The van der Waals surface area contributed by atoms with Crippen molar-refractivity contribution in [1.82, 2.24) is 0 Å². The predicted molar refractivity (Wildman–Crippen MR) is 85.7 cm³/mol. The first kappa shape index (κ1) is 17.0. The van der Waals surface area contributed by atoms with Crippen LogP contribution in [-0.2, 0) is 6.42 Å². The van der Waals surface area contributed by atoms with Gasteiger partial charge in [-0.05, 0) is 30.0 Å². The Morgan fingerprint density at radius 2 is 1.38 bits per heavy atom. The molecule has 0 radical (unpaired) electrons. The first-order chi connectivity index (χ1) is 11.3. The second-order valence-electron chi connectivity index (χ2n) is 5.22. The lowest BCUT2D eigenvalue weighted by molar-refractivity contribution is 0.0649. The minimum absolute atomic E-state index is 0.0790. The van der Waals surface area contributed by atoms with E-state index in [0.29, 0.717) is 0 Å². The van der Waals surface area contributed by atoms with Crippen LogP contribution in [0.25, 0.3) is 0 Å². The highest BCUT2D eigenvalue weighted by Gasteiger charge is 2.30. The van der Waals surface area contributed by atoms with Gasteiger partial charge in [-0.2, -0.15) is 0 Å². The molecule has 2 rings (SSSR count). The summed E-state index contributed by atoms with van der Waals surface area (Å²) in [5, 5.41) is 28.1. The van der Waals surface area contributed by atoms with Gasteiger partial charge in [-0.3, -0.25) is 0 Å². The third kappa shape index (κ3) is 2.91. The van der Waals surface area contributed by atoms with Crippen molar-refractivity contribution < 1.29 is 29.7 Å². The lowest BCUT2D eigenvalue weighted by Gasteiger charge is -2.18. The van der Waals surface area contributed by atoms with Gasteiger partial charge < -0.3 is 21.1 Å². The Morgan fingerprint density at radius 3 is 1.83 bits per heavy atom. The van der Waals surface area contributed by atoms with Gasteiger partial charge in [0.2, 0.25) is 0 Å². The van der Waals surface area contributed by atoms with E-state index in [1.54, 1.807) is 30.3 Å². The molecule has 0 unspecified atom stereocenters. The van der Waals surface area contributed by atoms with Crippen LogP contribution in [-0.4, -0.2) is 33.2 Å². The molecule has 24 heavy (non-hydrogen) atoms. The number of carboxylic acid groups (broad SMARTS) is 3. The van der Waals surface area contributed by atoms with E-state index in [0.717, 1.165) is 5.56 Å². The number of hydrogen-bond donors (Lipinski definition) is 4. The SMILES string of the molecule is Cc1c(Cc2ccccc2)c(C(=O)O)c(N)c(C(=O)O)c1C(=O)O. The lowest BCUT2D eigenvalue weighted by Crippen LogP contribution is -2.20. The zero-order chi connectivity index (χ0) is 18.0. The molecule has 124 valence electrons. The summed E-state index contributed by atoms with van der Waals surface area (Å²) >= 11 is 0. The van der Waals surface area contributed by atoms with Gasteiger partial charge in [0.05, 0.1) is 22.4 Å². The molecule has 0 aliphatic heterocycles. The fourth-order valence-electron chi connectivity index (χ4n) is 2.70. The number of carbonyl (C=O) groups is 3. The molecule has 0 aliphatic rings. The monoisotopic (exact) mass is 329 g/mol. The van der Waals surface area contributed by atoms with E-state index in [-0.39, 0.29) is 23.1 Å². The van der Waals surface area contributed by atoms with Crippen LogP contribution < -0.4 is 5.73 Å². The maximum atomic E-state index is 11.6. The van der Waals surface area contributed by atoms with E-state index in [1.165, 1.54) is 6.92 Å². The largest absolute Gasteiger partial charge is 0.478 e. The van der Waals surface area contributed by atoms with Crippen LogP contribution >= 0.6 is 0 Å². The lowest BCUT2D eigenvalue weighted by atomic mass is 9.87. The topological polar surface area (TPSA) is 138 Å². The molecule has 7 nitrogen and oxygen atoms in total. The Morgan fingerprint density at radius 1 is 0.875 bits per heavy atom. The van der Waals surface area contributed by atoms with Crippen LogP contribution in [0.1, 0.15) is 47.8 Å². The molecule has 0 amide bonds. The van der Waals surface area contributed by atoms with Crippen LogP contribution in [0.5, 0.6) is 0 Å². The van der Waals surface area contributed by atoms with E-state index < -0.39 is 34.7 Å². The van der Waals surface area contributed by atoms with E-state index >= 15 is 0 Å². The molecule has 0 saturated heterocycles. The van der Waals surface area contributed by atoms with Gasteiger partial charge in [0, 0.05) is 0 Å². The molecule has 0 atom stereocenters. The van der Waals surface area contributed by atoms with Crippen molar-refractivity contribution in [1.29, 1.82) is 0 Å². The van der Waals surface area contributed by atoms with E-state index in [1.807, 2.05) is 0 Å². The summed E-state index contributed by atoms with van der Waals surface area (Å²) in [4.78, 5) is 34.5. The highest BCUT2D eigenvalue weighted by molar-refractivity contribution is 6.11. The van der Waals surface area contributed by atoms with Crippen LogP contribution in [0.3, 0.4) is 0 Å². The maximum Gasteiger partial charge on any atom is 0.338 e. The summed E-state index contributed by atoms with van der Waals surface area (Å²) in [6.07, 6.45) is 0.124. The van der Waals surface area contributed by atoms with Crippen LogP contribution in [0.2, 0.25) is 0 Å². The zero-order valence-electron chi connectivity index (χ0n) is 12.7. The number of nitrogens with two attached hydrogens (primary N) is 1. The Balaban J connectivity index is 2.85. The van der Waals surface area contributed by atoms with Gasteiger partial charge in [0.1, 0.15) is 0 Å². The molecule has 7 heteroatoms. The van der Waals surface area contributed by atoms with E-state index in [2.05, 4.69) is 0 Å². The first-order valence-corrected chi connectivity index (χ1v) is 6.94. The maximum absolute atomic E-state index is 11.6. The molecule has 2 aromatic rings. The second-order valence-corrected chi connectivity index (χ2v) is 5.22. The summed E-state index contributed by atoms with van der Waals surface area (Å²) in [5.41, 5.74) is 4.62. The van der Waals surface area contributed by atoms with Crippen molar-refractivity contribution in [3.63, 3.8) is 0 Å². The van der Waals surface area contributed by atoms with Crippen molar-refractivity contribution in [2.45, 2.75) is 13.3 Å². The van der Waals surface area contributed by atoms with Gasteiger partial charge >= 0.3 is 17.9 Å². The Hall–Kier alpha value is -3.35. The Kier molecular flexibility index (Phi) is 4.54. The van der Waals surface area contributed by atoms with Gasteiger partial charge in [0.25, 0.3) is 0 Å². The third-order valence-electron chi connectivity index (χ3n) is 3.78. The summed E-state index contributed by atoms with van der Waals surface area (Å²) in [6.45, 7) is 1.39. The number of carboxylic acids is 3. The molecule has 0 aliphatic carbocycles. The summed E-state index contributed by atoms with van der Waals surface area (Å²) in [5.74, 6) is -4.45. The zero-order valence-corrected chi connectivity index (χ0v) is 12.7. The number of nitrogen functional groups attached to an aromatic ring is 1. The fourth-order valence-corrected chi connectivity index (χ4v) is 2.70. The van der Waals surface area contributed by atoms with Crippen molar-refractivity contribution in [3.8, 4) is 0 Å². The van der Waals surface area contributed by atoms with Crippen molar-refractivity contribution in [2.24, 2.45) is 0 Å². The highest BCUT2D eigenvalue weighted by atomic mass is 16.4. The molecule has 0 heterocycles. The van der Waals surface area contributed by atoms with Gasteiger partial charge in [-0.25, -0.2) is 14.4 Å². The summed E-state index contributed by atoms with van der Waals surface area (Å²) in [6, 6.07) is 8.83. The Bertz CT molecular complexity index is 842. The normalized spacial score (nSPS) is 10.4. The number of aromatic carboxylic acids is 3. The average molecular weight is 329 g/mol. The molecule has 2 aromatic carbocycles. The minimum Gasteiger partial charge on any atom is -0.478 e. The number of benzene rings is 2. The summed E-state index contributed by atoms with van der Waals surface area (Å²) in [7, 11) is 0. The van der Waals surface area contributed by atoms with Crippen LogP contribution in [0.15, 0.2) is 30.3 Å². The molecule has 0 bridgehead atoms. The summed E-state index contributed by atoms with van der Waals surface area (Å²) < 4.78 is 0. The molecule has 5 N–H and O–H groups in total. The molecule has 0 fully saturated rings. The van der Waals surface area contributed by atoms with E-state index in [4.69, 9.17) is 5.73 Å². The van der Waals surface area contributed by atoms with Gasteiger partial charge in [-0.1, -0.05) is 30.3 Å². The second kappa shape index (κ2) is 6.41. The standard InChI is InChI=1S/C17H15NO6/c1-8-10(7-9-5-3-2-4-6-9)12(16(21)22)14(18)13(17(23)24)11(8)15(19)20/h2-6H,7,18H2,1H3,(H,19,20)(H,21,22)(H,23,24). The van der Waals surface area contributed by atoms with Gasteiger partial charge in [-0.15, -0.1) is 0 Å². The molecular formula is C17H15NO6. The molecule has 0 saturated carbocycles. The molecular weight excluding hydrogens is 314 g/mol. The molecule has 0 spiro atoms. The third-order valence-corrected chi connectivity index (χ3v) is 3.78. The number of hydrogen-bond acceptors (Lipinski definition) is 4. The van der Waals surface area contributed by atoms with Crippen LogP contribution in [0.4, 0.5) is 5.69 Å². The van der Waals surface area contributed by atoms with Crippen molar-refractivity contribution >= 4 is 23.6 Å². The van der Waals surface area contributed by atoms with Crippen molar-refractivity contribution in [2.75, 3.05) is 5.73 Å². The number of anilines is 1. The first-order valence-electron chi connectivity index (χ1n) is 6.94. The number of rotatable bonds is 5. The molecule has 0 aromatic heterocycles. The fraction of sp³-hybridized carbons (Fsp3) is 0.118. The smallest absolute Gasteiger partial charge is 0.338 e. The minimum atomic E-state index is -1.58. The van der Waals surface area contributed by atoms with Crippen LogP contribution in [0, 0.1) is 6.92 Å². The Labute approximate surface area is 137 Å².